The van der Waals surface area contributed by atoms with Crippen molar-refractivity contribution in [2.45, 2.75) is 13.5 Å². The number of aromatic nitrogens is 2. The monoisotopic (exact) mass is 259 g/mol. The van der Waals surface area contributed by atoms with Crippen molar-refractivity contribution in [3.8, 4) is 10.0 Å². The summed E-state index contributed by atoms with van der Waals surface area (Å²) < 4.78 is 0.702. The van der Waals surface area contributed by atoms with Crippen molar-refractivity contribution < 1.29 is 0 Å². The summed E-state index contributed by atoms with van der Waals surface area (Å²) in [7, 11) is 0. The molecule has 80 valence electrons. The minimum absolute atomic E-state index is 0.702. The number of hydrogen-bond acceptors (Lipinski definition) is 5. The van der Waals surface area contributed by atoms with Gasteiger partial charge in [0.05, 0.1) is 11.9 Å². The molecule has 0 bridgehead atoms. The van der Waals surface area contributed by atoms with Crippen molar-refractivity contribution in [2.24, 2.45) is 0 Å². The highest BCUT2D eigenvalue weighted by Gasteiger charge is 2.08. The van der Waals surface area contributed by atoms with E-state index in [0.29, 0.717) is 4.34 Å². The maximum atomic E-state index is 5.82. The summed E-state index contributed by atoms with van der Waals surface area (Å²) in [5, 5.41) is 7.12. The zero-order valence-corrected chi connectivity index (χ0v) is 10.5. The van der Waals surface area contributed by atoms with E-state index in [1.165, 1.54) is 11.3 Å². The second-order valence-corrected chi connectivity index (χ2v) is 5.41. The Balaban J connectivity index is 2.13. The van der Waals surface area contributed by atoms with Crippen molar-refractivity contribution >= 4 is 34.3 Å². The first-order valence-electron chi connectivity index (χ1n) is 4.56. The Morgan fingerprint density at radius 3 is 3.00 bits per heavy atom. The van der Waals surface area contributed by atoms with Crippen LogP contribution in [0.2, 0.25) is 4.34 Å². The third-order valence-electron chi connectivity index (χ3n) is 1.77. The average Bonchev–Trinajstić information content (AvgIpc) is 2.83. The minimum Gasteiger partial charge on any atom is -0.311 e. The van der Waals surface area contributed by atoms with Crippen LogP contribution in [0.15, 0.2) is 11.6 Å². The summed E-state index contributed by atoms with van der Waals surface area (Å²) in [5.74, 6) is 0. The Morgan fingerprint density at radius 2 is 2.33 bits per heavy atom. The van der Waals surface area contributed by atoms with Gasteiger partial charge in [-0.1, -0.05) is 29.9 Å². The number of halogens is 1. The molecular formula is C9H10ClN3S2. The van der Waals surface area contributed by atoms with E-state index in [1.54, 1.807) is 17.5 Å². The molecule has 0 fully saturated rings. The third kappa shape index (κ3) is 2.75. The van der Waals surface area contributed by atoms with Gasteiger partial charge in [-0.15, -0.1) is 11.3 Å². The number of nitrogens with zero attached hydrogens (tertiary/aromatic N) is 2. The zero-order valence-electron chi connectivity index (χ0n) is 8.16. The number of thiazole rings is 2. The molecule has 0 spiro atoms. The Hall–Kier alpha value is -0.490. The quantitative estimate of drug-likeness (QED) is 0.917. The highest BCUT2D eigenvalue weighted by molar-refractivity contribution is 7.22. The van der Waals surface area contributed by atoms with E-state index >= 15 is 0 Å². The van der Waals surface area contributed by atoms with Gasteiger partial charge < -0.3 is 5.32 Å². The first-order chi connectivity index (χ1) is 7.29. The van der Waals surface area contributed by atoms with E-state index in [1.807, 2.05) is 5.38 Å². The molecule has 0 aliphatic heterocycles. The lowest BCUT2D eigenvalue weighted by atomic mass is 10.5. The predicted octanol–water partition coefficient (Wildman–Crippen LogP) is 3.03. The molecule has 2 aromatic rings. The molecule has 0 aromatic carbocycles. The van der Waals surface area contributed by atoms with E-state index in [9.17, 15) is 0 Å². The minimum atomic E-state index is 0.702. The van der Waals surface area contributed by atoms with Crippen LogP contribution in [0.3, 0.4) is 0 Å². The van der Waals surface area contributed by atoms with Gasteiger partial charge >= 0.3 is 0 Å². The van der Waals surface area contributed by atoms with Gasteiger partial charge in [-0.05, 0) is 6.54 Å². The van der Waals surface area contributed by atoms with Gasteiger partial charge in [0.2, 0.25) is 0 Å². The van der Waals surface area contributed by atoms with Gasteiger partial charge in [0.15, 0.2) is 10.0 Å². The van der Waals surface area contributed by atoms with E-state index in [-0.39, 0.29) is 0 Å². The molecule has 0 aliphatic rings. The molecule has 0 saturated carbocycles. The second kappa shape index (κ2) is 5.03. The van der Waals surface area contributed by atoms with E-state index in [4.69, 9.17) is 11.6 Å². The molecule has 3 nitrogen and oxygen atoms in total. The fourth-order valence-electron chi connectivity index (χ4n) is 1.09. The summed E-state index contributed by atoms with van der Waals surface area (Å²) in [6, 6.07) is 0. The fraction of sp³-hybridized carbons (Fsp3) is 0.333. The van der Waals surface area contributed by atoms with Crippen LogP contribution in [0.4, 0.5) is 0 Å². The second-order valence-electron chi connectivity index (χ2n) is 2.89. The molecule has 2 heterocycles. The summed E-state index contributed by atoms with van der Waals surface area (Å²) in [5.41, 5.74) is 1.06. The van der Waals surface area contributed by atoms with Crippen LogP contribution in [0.25, 0.3) is 10.0 Å². The van der Waals surface area contributed by atoms with Crippen molar-refractivity contribution in [2.75, 3.05) is 6.54 Å². The Bertz CT molecular complexity index is 438. The standard InChI is InChI=1S/C9H10ClN3S2/c1-2-11-3-6-5-14-9(13-6)8-12-4-7(10)15-8/h4-5,11H,2-3H2,1H3. The molecule has 0 aliphatic carbocycles. The molecule has 6 heteroatoms. The Labute approximate surface area is 101 Å². The van der Waals surface area contributed by atoms with Gasteiger partial charge in [0.25, 0.3) is 0 Å². The molecule has 1 N–H and O–H groups in total. The summed E-state index contributed by atoms with van der Waals surface area (Å²) >= 11 is 8.89. The molecule has 0 radical (unpaired) electrons. The number of nitrogens with one attached hydrogen (secondary N) is 1. The van der Waals surface area contributed by atoms with E-state index in [2.05, 4.69) is 22.2 Å². The zero-order chi connectivity index (χ0) is 10.7. The van der Waals surface area contributed by atoms with Gasteiger partial charge in [0.1, 0.15) is 4.34 Å². The highest BCUT2D eigenvalue weighted by atomic mass is 35.5. The molecule has 2 rings (SSSR count). The summed E-state index contributed by atoms with van der Waals surface area (Å²) in [6.45, 7) is 3.84. The first-order valence-corrected chi connectivity index (χ1v) is 6.64. The van der Waals surface area contributed by atoms with Crippen LogP contribution in [0.5, 0.6) is 0 Å². The van der Waals surface area contributed by atoms with Crippen LogP contribution in [-0.2, 0) is 6.54 Å². The Kier molecular flexibility index (Phi) is 3.69. The van der Waals surface area contributed by atoms with Crippen LogP contribution in [-0.4, -0.2) is 16.5 Å². The van der Waals surface area contributed by atoms with Crippen molar-refractivity contribution in [3.05, 3.63) is 21.6 Å². The van der Waals surface area contributed by atoms with Gasteiger partial charge in [0, 0.05) is 11.9 Å². The largest absolute Gasteiger partial charge is 0.311 e. The van der Waals surface area contributed by atoms with Crippen LogP contribution in [0.1, 0.15) is 12.6 Å². The third-order valence-corrected chi connectivity index (χ3v) is 3.92. The molecule has 0 unspecified atom stereocenters. The Morgan fingerprint density at radius 1 is 1.47 bits per heavy atom. The smallest absolute Gasteiger partial charge is 0.153 e. The van der Waals surface area contributed by atoms with Crippen molar-refractivity contribution in [3.63, 3.8) is 0 Å². The molecule has 15 heavy (non-hydrogen) atoms. The predicted molar refractivity (Wildman–Crippen MR) is 65.6 cm³/mol. The summed E-state index contributed by atoms with van der Waals surface area (Å²) in [6.07, 6.45) is 1.66. The molecular weight excluding hydrogens is 250 g/mol. The first kappa shape index (κ1) is 11.0. The summed E-state index contributed by atoms with van der Waals surface area (Å²) in [4.78, 5) is 8.67. The van der Waals surface area contributed by atoms with Crippen molar-refractivity contribution in [1.82, 2.24) is 15.3 Å². The maximum absolute atomic E-state index is 5.82. The maximum Gasteiger partial charge on any atom is 0.153 e. The lowest BCUT2D eigenvalue weighted by molar-refractivity contribution is 0.715. The van der Waals surface area contributed by atoms with Crippen molar-refractivity contribution in [1.29, 1.82) is 0 Å². The topological polar surface area (TPSA) is 37.8 Å². The highest BCUT2D eigenvalue weighted by Crippen LogP contribution is 2.30. The van der Waals surface area contributed by atoms with Gasteiger partial charge in [-0.25, -0.2) is 9.97 Å². The fourth-order valence-corrected chi connectivity index (χ4v) is 2.87. The molecule has 0 amide bonds. The van der Waals surface area contributed by atoms with Crippen LogP contribution < -0.4 is 5.32 Å². The van der Waals surface area contributed by atoms with Crippen LogP contribution >= 0.6 is 34.3 Å². The van der Waals surface area contributed by atoms with Crippen LogP contribution in [0, 0.1) is 0 Å². The molecule has 2 aromatic heterocycles. The number of rotatable bonds is 4. The lowest BCUT2D eigenvalue weighted by Crippen LogP contribution is -2.11. The SMILES string of the molecule is CCNCc1csc(-c2ncc(Cl)s2)n1. The van der Waals surface area contributed by atoms with Gasteiger partial charge in [-0.3, -0.25) is 0 Å². The molecule has 0 atom stereocenters. The normalized spacial score (nSPS) is 10.8. The average molecular weight is 260 g/mol. The van der Waals surface area contributed by atoms with Gasteiger partial charge in [-0.2, -0.15) is 0 Å². The van der Waals surface area contributed by atoms with E-state index in [0.717, 1.165) is 28.8 Å². The number of hydrogen-bond donors (Lipinski definition) is 1. The lowest BCUT2D eigenvalue weighted by Gasteiger charge is -1.94. The van der Waals surface area contributed by atoms with E-state index < -0.39 is 0 Å². The molecule has 0 saturated heterocycles.